The second-order valence-electron chi connectivity index (χ2n) is 10.6. The predicted molar refractivity (Wildman–Crippen MR) is 161 cm³/mol. The predicted octanol–water partition coefficient (Wildman–Crippen LogP) is 8.57. The highest BCUT2D eigenvalue weighted by molar-refractivity contribution is 6.19. The Kier molecular flexibility index (Phi) is 4.86. The second kappa shape index (κ2) is 8.57. The number of pyridine rings is 1. The van der Waals surface area contributed by atoms with Gasteiger partial charge in [-0.05, 0) is 81.4 Å². The highest BCUT2D eigenvalue weighted by Crippen LogP contribution is 2.43. The van der Waals surface area contributed by atoms with Crippen LogP contribution in [0, 0.1) is 0 Å². The summed E-state index contributed by atoms with van der Waals surface area (Å²) in [7, 11) is 0. The van der Waals surface area contributed by atoms with Gasteiger partial charge in [0, 0.05) is 27.6 Å². The van der Waals surface area contributed by atoms with Crippen LogP contribution in [0.3, 0.4) is 0 Å². The average Bonchev–Trinajstić information content (AvgIpc) is 3.27. The lowest BCUT2D eigenvalue weighted by molar-refractivity contribution is 0.726. The van der Waals surface area contributed by atoms with Crippen molar-refractivity contribution in [2.45, 2.75) is 18.8 Å². The van der Waals surface area contributed by atoms with E-state index in [0.717, 1.165) is 40.2 Å². The molecule has 2 aromatic heterocycles. The Bertz CT molecular complexity index is 2100. The van der Waals surface area contributed by atoms with Crippen LogP contribution in [0.25, 0.3) is 55.0 Å². The van der Waals surface area contributed by atoms with Crippen molar-refractivity contribution in [1.82, 2.24) is 9.97 Å². The topological polar surface area (TPSA) is 48.6 Å². The van der Waals surface area contributed by atoms with E-state index >= 15 is 0 Å². The summed E-state index contributed by atoms with van der Waals surface area (Å²) in [5.41, 5.74) is 10.9. The molecule has 0 saturated heterocycles. The van der Waals surface area contributed by atoms with E-state index in [4.69, 9.17) is 0 Å². The molecule has 0 fully saturated rings. The van der Waals surface area contributed by atoms with Gasteiger partial charge in [0.05, 0.1) is 0 Å². The van der Waals surface area contributed by atoms with Gasteiger partial charge in [-0.3, -0.25) is 4.79 Å². The number of hydrogen-bond donors (Lipinski definition) is 2. The van der Waals surface area contributed by atoms with Crippen LogP contribution in [0.2, 0.25) is 0 Å². The molecule has 0 spiro atoms. The van der Waals surface area contributed by atoms with E-state index in [1.54, 1.807) is 0 Å². The Hall–Kier alpha value is -4.89. The number of hydrogen-bond acceptors (Lipinski definition) is 1. The summed E-state index contributed by atoms with van der Waals surface area (Å²) in [6, 6.07) is 41.2. The number of aromatic nitrogens is 2. The van der Waals surface area contributed by atoms with Crippen molar-refractivity contribution in [1.29, 1.82) is 0 Å². The maximum absolute atomic E-state index is 12.7. The molecule has 0 saturated carbocycles. The minimum absolute atomic E-state index is 0.0673. The molecule has 0 amide bonds. The molecular formula is C36H26N2O. The molecule has 0 bridgehead atoms. The first-order valence-corrected chi connectivity index (χ1v) is 13.6. The van der Waals surface area contributed by atoms with Crippen molar-refractivity contribution in [3.63, 3.8) is 0 Å². The molecule has 2 N–H and O–H groups in total. The summed E-state index contributed by atoms with van der Waals surface area (Å²) in [6.07, 6.45) is 2.16. The van der Waals surface area contributed by atoms with Crippen LogP contribution in [0.1, 0.15) is 29.0 Å². The van der Waals surface area contributed by atoms with Crippen LogP contribution >= 0.6 is 0 Å². The van der Waals surface area contributed by atoms with Crippen LogP contribution in [0.5, 0.6) is 0 Å². The molecule has 186 valence electrons. The third kappa shape index (κ3) is 3.47. The van der Waals surface area contributed by atoms with Crippen LogP contribution in [-0.4, -0.2) is 9.97 Å². The molecule has 0 radical (unpaired) electrons. The maximum Gasteiger partial charge on any atom is 0.257 e. The minimum Gasteiger partial charge on any atom is -0.341 e. The summed E-state index contributed by atoms with van der Waals surface area (Å²) in [4.78, 5) is 19.2. The van der Waals surface area contributed by atoms with E-state index in [9.17, 15) is 4.79 Å². The Morgan fingerprint density at radius 3 is 2.26 bits per heavy atom. The van der Waals surface area contributed by atoms with Gasteiger partial charge in [-0.1, -0.05) is 91.0 Å². The van der Waals surface area contributed by atoms with Crippen molar-refractivity contribution in [3.05, 3.63) is 142 Å². The number of fused-ring (bicyclic) bond motifs is 8. The van der Waals surface area contributed by atoms with E-state index in [2.05, 4.69) is 101 Å². The Balaban J connectivity index is 1.35. The summed E-state index contributed by atoms with van der Waals surface area (Å²) < 4.78 is 0. The summed E-state index contributed by atoms with van der Waals surface area (Å²) in [6.45, 7) is 0. The lowest BCUT2D eigenvalue weighted by Crippen LogP contribution is -2.05. The number of rotatable bonds is 2. The first kappa shape index (κ1) is 22.1. The fraction of sp³-hybridized carbons (Fsp3) is 0.0833. The van der Waals surface area contributed by atoms with E-state index in [0.29, 0.717) is 11.3 Å². The number of aryl methyl sites for hydroxylation is 1. The zero-order valence-corrected chi connectivity index (χ0v) is 21.4. The Morgan fingerprint density at radius 1 is 0.615 bits per heavy atom. The van der Waals surface area contributed by atoms with Crippen LogP contribution in [-0.2, 0) is 6.42 Å². The molecule has 5 aromatic carbocycles. The van der Waals surface area contributed by atoms with Gasteiger partial charge in [-0.25, -0.2) is 0 Å². The van der Waals surface area contributed by atoms with E-state index in [1.165, 1.54) is 38.9 Å². The van der Waals surface area contributed by atoms with Gasteiger partial charge in [0.2, 0.25) is 0 Å². The zero-order valence-electron chi connectivity index (χ0n) is 21.4. The number of H-pyrrole nitrogens is 2. The third-order valence-corrected chi connectivity index (χ3v) is 8.45. The lowest BCUT2D eigenvalue weighted by Gasteiger charge is -2.19. The quantitative estimate of drug-likeness (QED) is 0.244. The van der Waals surface area contributed by atoms with Crippen molar-refractivity contribution in [2.24, 2.45) is 0 Å². The number of benzene rings is 5. The minimum atomic E-state index is -0.0673. The van der Waals surface area contributed by atoms with Crippen molar-refractivity contribution < 1.29 is 0 Å². The molecule has 0 aliphatic heterocycles. The number of nitrogens with one attached hydrogen (secondary N) is 2. The standard InChI is InChI=1S/C36H26N2O/c39-36-30-13-7-6-12-29(30)34-32-21-25(16-19-33(32)37-35(34)38-36)24-15-18-28-27(22-8-2-1-3-9-22)17-14-23-10-4-5-11-26(23)31(28)20-24/h1-13,15-16,18-21,27H,14,17H2,(H2,37,38,39). The molecule has 1 aliphatic carbocycles. The lowest BCUT2D eigenvalue weighted by atomic mass is 9.84. The van der Waals surface area contributed by atoms with Gasteiger partial charge in [0.1, 0.15) is 5.65 Å². The maximum atomic E-state index is 12.7. The van der Waals surface area contributed by atoms with Gasteiger partial charge < -0.3 is 9.97 Å². The fourth-order valence-electron chi connectivity index (χ4n) is 6.59. The van der Waals surface area contributed by atoms with Gasteiger partial charge in [0.25, 0.3) is 5.56 Å². The third-order valence-electron chi connectivity index (χ3n) is 8.45. The van der Waals surface area contributed by atoms with E-state index in [-0.39, 0.29) is 5.56 Å². The van der Waals surface area contributed by atoms with Crippen molar-refractivity contribution in [3.8, 4) is 22.3 Å². The summed E-state index contributed by atoms with van der Waals surface area (Å²) in [5, 5.41) is 3.87. The first-order chi connectivity index (χ1) is 19.2. The fourth-order valence-corrected chi connectivity index (χ4v) is 6.59. The van der Waals surface area contributed by atoms with Crippen LogP contribution in [0.4, 0.5) is 0 Å². The molecule has 3 heteroatoms. The zero-order chi connectivity index (χ0) is 25.9. The second-order valence-corrected chi connectivity index (χ2v) is 10.6. The van der Waals surface area contributed by atoms with Crippen molar-refractivity contribution >= 4 is 32.7 Å². The van der Waals surface area contributed by atoms with Crippen LogP contribution in [0.15, 0.2) is 120 Å². The molecule has 7 aromatic rings. The number of aromatic amines is 2. The highest BCUT2D eigenvalue weighted by Gasteiger charge is 2.24. The largest absolute Gasteiger partial charge is 0.341 e. The Morgan fingerprint density at radius 2 is 1.36 bits per heavy atom. The molecule has 1 unspecified atom stereocenters. The molecule has 39 heavy (non-hydrogen) atoms. The molecular weight excluding hydrogens is 476 g/mol. The van der Waals surface area contributed by atoms with Crippen LogP contribution < -0.4 is 5.56 Å². The normalized spacial score (nSPS) is 14.8. The monoisotopic (exact) mass is 502 g/mol. The molecule has 1 aliphatic rings. The molecule has 3 nitrogen and oxygen atoms in total. The van der Waals surface area contributed by atoms with Crippen molar-refractivity contribution in [2.75, 3.05) is 0 Å². The van der Waals surface area contributed by atoms with Gasteiger partial charge in [-0.15, -0.1) is 0 Å². The molecule has 1 atom stereocenters. The molecule has 2 heterocycles. The smallest absolute Gasteiger partial charge is 0.257 e. The van der Waals surface area contributed by atoms with E-state index in [1.807, 2.05) is 24.3 Å². The summed E-state index contributed by atoms with van der Waals surface area (Å²) in [5.74, 6) is 0.363. The summed E-state index contributed by atoms with van der Waals surface area (Å²) >= 11 is 0. The average molecular weight is 503 g/mol. The molecule has 8 rings (SSSR count). The van der Waals surface area contributed by atoms with Gasteiger partial charge >= 0.3 is 0 Å². The Labute approximate surface area is 225 Å². The first-order valence-electron chi connectivity index (χ1n) is 13.6. The van der Waals surface area contributed by atoms with Gasteiger partial charge in [0.15, 0.2) is 0 Å². The van der Waals surface area contributed by atoms with E-state index < -0.39 is 0 Å². The van der Waals surface area contributed by atoms with Gasteiger partial charge in [-0.2, -0.15) is 0 Å². The highest BCUT2D eigenvalue weighted by atomic mass is 16.1. The SMILES string of the molecule is O=c1[nH]c2[nH]c3ccc(-c4ccc5c(c4)-c4ccccc4CCC5c4ccccc4)cc3c2c2ccccc12.